The molecule has 1 aliphatic carbocycles. The maximum atomic E-state index is 11.5. The molecule has 0 aromatic heterocycles. The Labute approximate surface area is 96.0 Å². The van der Waals surface area contributed by atoms with E-state index in [0.29, 0.717) is 12.8 Å². The van der Waals surface area contributed by atoms with Crippen LogP contribution in [0.25, 0.3) is 0 Å². The fourth-order valence-electron chi connectivity index (χ4n) is 1.80. The monoisotopic (exact) mass is 271 g/mol. The molecule has 8 heteroatoms. The van der Waals surface area contributed by atoms with Crippen LogP contribution in [0.3, 0.4) is 0 Å². The Balaban J connectivity index is 2.65. The lowest BCUT2D eigenvalue weighted by Gasteiger charge is -2.27. The van der Waals surface area contributed by atoms with Crippen LogP contribution in [0.15, 0.2) is 0 Å². The van der Waals surface area contributed by atoms with Crippen molar-refractivity contribution in [3.8, 4) is 0 Å². The maximum Gasteiger partial charge on any atom is 0.226 e. The Morgan fingerprint density at radius 1 is 1.19 bits per heavy atom. The van der Waals surface area contributed by atoms with Crippen LogP contribution >= 0.6 is 0 Å². The zero-order valence-corrected chi connectivity index (χ0v) is 10.7. The minimum Gasteiger partial charge on any atom is -0.391 e. The van der Waals surface area contributed by atoms with Crippen molar-refractivity contribution in [1.82, 2.24) is 4.72 Å². The van der Waals surface area contributed by atoms with E-state index in [4.69, 9.17) is 0 Å². The van der Waals surface area contributed by atoms with Crippen molar-refractivity contribution in [1.29, 1.82) is 0 Å². The minimum absolute atomic E-state index is 0.546. The summed E-state index contributed by atoms with van der Waals surface area (Å²) in [6.07, 6.45) is 2.94. The second-order valence-electron chi connectivity index (χ2n) is 4.23. The van der Waals surface area contributed by atoms with Gasteiger partial charge in [-0.2, -0.15) is 0 Å². The predicted molar refractivity (Wildman–Crippen MR) is 60.0 cm³/mol. The topological polar surface area (TPSA) is 101 Å². The second kappa shape index (κ2) is 4.99. The molecule has 0 aromatic carbocycles. The van der Waals surface area contributed by atoms with Crippen LogP contribution in [0.5, 0.6) is 0 Å². The minimum atomic E-state index is -3.87. The molecule has 0 heterocycles. The Kier molecular flexibility index (Phi) is 4.33. The highest BCUT2D eigenvalue weighted by Gasteiger charge is 2.28. The van der Waals surface area contributed by atoms with Crippen molar-refractivity contribution in [2.45, 2.75) is 37.8 Å². The normalized spacial score (nSPS) is 27.9. The van der Waals surface area contributed by atoms with Crippen LogP contribution in [0, 0.1) is 0 Å². The molecule has 0 aliphatic heterocycles. The number of nitrogens with one attached hydrogen (secondary N) is 1. The molecule has 16 heavy (non-hydrogen) atoms. The maximum absolute atomic E-state index is 11.5. The second-order valence-corrected chi connectivity index (χ2v) is 8.49. The van der Waals surface area contributed by atoms with Gasteiger partial charge in [0.2, 0.25) is 10.0 Å². The molecule has 0 amide bonds. The van der Waals surface area contributed by atoms with Gasteiger partial charge in [0.05, 0.1) is 6.10 Å². The molecule has 0 aromatic rings. The van der Waals surface area contributed by atoms with E-state index < -0.39 is 37.1 Å². The van der Waals surface area contributed by atoms with Crippen molar-refractivity contribution >= 4 is 19.9 Å². The Hall–Kier alpha value is -0.180. The van der Waals surface area contributed by atoms with Gasteiger partial charge in [0.15, 0.2) is 14.9 Å². The van der Waals surface area contributed by atoms with Crippen molar-refractivity contribution in [3.05, 3.63) is 0 Å². The summed E-state index contributed by atoms with van der Waals surface area (Å²) < 4.78 is 46.9. The Morgan fingerprint density at radius 2 is 1.75 bits per heavy atom. The van der Waals surface area contributed by atoms with Crippen molar-refractivity contribution in [2.75, 3.05) is 11.3 Å². The van der Waals surface area contributed by atoms with Gasteiger partial charge in [-0.05, 0) is 12.8 Å². The highest BCUT2D eigenvalue weighted by molar-refractivity contribution is 8.06. The molecule has 1 aliphatic rings. The average Bonchev–Trinajstić information content (AvgIpc) is 2.04. The van der Waals surface area contributed by atoms with Crippen LogP contribution in [-0.4, -0.2) is 45.4 Å². The first kappa shape index (κ1) is 13.9. The molecular formula is C8H17NO5S2. The zero-order chi connectivity index (χ0) is 12.4. The number of sulfone groups is 1. The smallest absolute Gasteiger partial charge is 0.226 e. The lowest BCUT2D eigenvalue weighted by molar-refractivity contribution is 0.101. The van der Waals surface area contributed by atoms with Crippen molar-refractivity contribution in [3.63, 3.8) is 0 Å². The van der Waals surface area contributed by atoms with E-state index in [1.807, 2.05) is 0 Å². The van der Waals surface area contributed by atoms with Crippen LogP contribution in [0.4, 0.5) is 0 Å². The summed E-state index contributed by atoms with van der Waals surface area (Å²) in [6, 6.07) is -0.555. The van der Waals surface area contributed by atoms with Crippen LogP contribution in [0.2, 0.25) is 0 Å². The van der Waals surface area contributed by atoms with Gasteiger partial charge < -0.3 is 5.11 Å². The van der Waals surface area contributed by atoms with Gasteiger partial charge >= 0.3 is 0 Å². The summed E-state index contributed by atoms with van der Waals surface area (Å²) in [5.74, 6) is 0. The first-order valence-corrected chi connectivity index (χ1v) is 8.77. The summed E-state index contributed by atoms with van der Waals surface area (Å²) in [4.78, 5) is 0. The third kappa shape index (κ3) is 4.77. The van der Waals surface area contributed by atoms with Crippen LogP contribution < -0.4 is 4.72 Å². The Bertz CT molecular complexity index is 427. The van der Waals surface area contributed by atoms with Crippen LogP contribution in [-0.2, 0) is 19.9 Å². The van der Waals surface area contributed by atoms with Gasteiger partial charge in [-0.1, -0.05) is 12.8 Å². The van der Waals surface area contributed by atoms with Gasteiger partial charge in [0.1, 0.15) is 0 Å². The van der Waals surface area contributed by atoms with E-state index in [-0.39, 0.29) is 0 Å². The van der Waals surface area contributed by atoms with Crippen molar-refractivity contribution < 1.29 is 21.9 Å². The molecule has 1 fully saturated rings. The average molecular weight is 271 g/mol. The van der Waals surface area contributed by atoms with Gasteiger partial charge in [0.25, 0.3) is 0 Å². The third-order valence-corrected chi connectivity index (χ3v) is 6.05. The fourth-order valence-corrected chi connectivity index (χ4v) is 5.06. The number of rotatable bonds is 4. The Morgan fingerprint density at radius 3 is 2.25 bits per heavy atom. The molecule has 0 unspecified atom stereocenters. The first-order chi connectivity index (χ1) is 7.20. The molecule has 96 valence electrons. The van der Waals surface area contributed by atoms with E-state index in [1.165, 1.54) is 0 Å². The van der Waals surface area contributed by atoms with E-state index in [2.05, 4.69) is 4.72 Å². The van der Waals surface area contributed by atoms with Gasteiger partial charge in [-0.15, -0.1) is 0 Å². The largest absolute Gasteiger partial charge is 0.391 e. The summed E-state index contributed by atoms with van der Waals surface area (Å²) in [7, 11) is -7.45. The van der Waals surface area contributed by atoms with E-state index >= 15 is 0 Å². The number of sulfonamides is 1. The van der Waals surface area contributed by atoms with Crippen LogP contribution in [0.1, 0.15) is 25.7 Å². The van der Waals surface area contributed by atoms with Crippen molar-refractivity contribution in [2.24, 2.45) is 0 Å². The van der Waals surface area contributed by atoms with Gasteiger partial charge in [-0.25, -0.2) is 21.6 Å². The summed E-state index contributed by atoms with van der Waals surface area (Å²) >= 11 is 0. The molecule has 1 saturated carbocycles. The van der Waals surface area contributed by atoms with Gasteiger partial charge in [-0.3, -0.25) is 0 Å². The highest BCUT2D eigenvalue weighted by Crippen LogP contribution is 2.19. The van der Waals surface area contributed by atoms with E-state index in [9.17, 15) is 21.9 Å². The third-order valence-electron chi connectivity index (χ3n) is 2.43. The molecule has 0 bridgehead atoms. The summed E-state index contributed by atoms with van der Waals surface area (Å²) in [6.45, 7) is 0. The number of hydrogen-bond donors (Lipinski definition) is 2. The van der Waals surface area contributed by atoms with Gasteiger partial charge in [0, 0.05) is 12.3 Å². The quantitative estimate of drug-likeness (QED) is 0.698. The SMILES string of the molecule is CS(=O)(=O)CS(=O)(=O)N[C@H]1CCCC[C@@H]1O. The lowest BCUT2D eigenvalue weighted by atomic mass is 9.93. The number of aliphatic hydroxyl groups is 1. The standard InChI is InChI=1S/C8H17NO5S2/c1-15(11,12)6-16(13,14)9-7-4-2-3-5-8(7)10/h7-10H,2-6H2,1H3/t7-,8-/m0/s1. The first-order valence-electron chi connectivity index (χ1n) is 5.05. The molecular weight excluding hydrogens is 254 g/mol. The highest BCUT2D eigenvalue weighted by atomic mass is 32.3. The number of hydrogen-bond acceptors (Lipinski definition) is 5. The molecule has 2 N–H and O–H groups in total. The van der Waals surface area contributed by atoms with E-state index in [1.54, 1.807) is 0 Å². The predicted octanol–water partition coefficient (Wildman–Crippen LogP) is -0.789. The molecule has 1 rings (SSSR count). The molecule has 0 spiro atoms. The fraction of sp³-hybridized carbons (Fsp3) is 1.00. The molecule has 2 atom stereocenters. The van der Waals surface area contributed by atoms with E-state index in [0.717, 1.165) is 19.1 Å². The zero-order valence-electron chi connectivity index (χ0n) is 9.09. The molecule has 0 saturated heterocycles. The molecule has 6 nitrogen and oxygen atoms in total. The molecule has 0 radical (unpaired) electrons. The lowest BCUT2D eigenvalue weighted by Crippen LogP contribution is -2.46. The summed E-state index contributed by atoms with van der Waals surface area (Å²) in [5, 5.41) is 8.63. The summed E-state index contributed by atoms with van der Waals surface area (Å²) in [5.41, 5.74) is 0. The number of aliphatic hydroxyl groups excluding tert-OH is 1.